The molecule has 0 bridgehead atoms. The molecular formula is C25H22F6N6O3. The Labute approximate surface area is 222 Å². The van der Waals surface area contributed by atoms with Crippen LogP contribution >= 0.6 is 0 Å². The first kappa shape index (κ1) is 28.6. The largest absolute Gasteiger partial charge is 0.432 e. The standard InChI is InChI=1S/C25H22F6N6O3/c1-13(35-19-12-34-36(2)23(39)20(19)25(29,30)31)4-3-6-37-7-5-14-8-17(18(26)9-16(14)22(37)38)21-32-10-15(11-33-21)40-24(27)28/h5,7-13,24,35H,3-4,6H2,1-2H3/t13-/m0/s1. The minimum absolute atomic E-state index is 0.0448. The van der Waals surface area contributed by atoms with Gasteiger partial charge in [-0.05, 0) is 43.4 Å². The number of rotatable bonds is 9. The highest BCUT2D eigenvalue weighted by molar-refractivity contribution is 5.86. The number of nitrogens with zero attached hydrogens (tertiary/aromatic N) is 5. The van der Waals surface area contributed by atoms with Crippen molar-refractivity contribution in [3.05, 3.63) is 75.1 Å². The van der Waals surface area contributed by atoms with Gasteiger partial charge in [-0.1, -0.05) is 0 Å². The fraction of sp³-hybridized carbons (Fsp3) is 0.320. The Bertz CT molecular complexity index is 1640. The fourth-order valence-electron chi connectivity index (χ4n) is 4.10. The Balaban J connectivity index is 1.46. The van der Waals surface area contributed by atoms with Crippen LogP contribution in [0.1, 0.15) is 25.3 Å². The number of anilines is 1. The van der Waals surface area contributed by atoms with Crippen molar-refractivity contribution in [1.82, 2.24) is 24.3 Å². The zero-order chi connectivity index (χ0) is 29.2. The van der Waals surface area contributed by atoms with E-state index in [0.29, 0.717) is 22.9 Å². The third kappa shape index (κ3) is 6.24. The van der Waals surface area contributed by atoms with Crippen LogP contribution < -0.4 is 21.2 Å². The number of hydrogen-bond acceptors (Lipinski definition) is 7. The van der Waals surface area contributed by atoms with Gasteiger partial charge >= 0.3 is 12.8 Å². The number of ether oxygens (including phenoxy) is 1. The quantitative estimate of drug-likeness (QED) is 0.295. The highest BCUT2D eigenvalue weighted by Gasteiger charge is 2.38. The lowest BCUT2D eigenvalue weighted by molar-refractivity contribution is -0.138. The number of fused-ring (bicyclic) bond motifs is 1. The summed E-state index contributed by atoms with van der Waals surface area (Å²) in [4.78, 5) is 32.6. The molecule has 0 aliphatic heterocycles. The highest BCUT2D eigenvalue weighted by atomic mass is 19.4. The smallest absolute Gasteiger partial charge is 0.423 e. The van der Waals surface area contributed by atoms with Gasteiger partial charge in [0.05, 0.1) is 35.2 Å². The van der Waals surface area contributed by atoms with Crippen molar-refractivity contribution >= 4 is 16.5 Å². The van der Waals surface area contributed by atoms with Gasteiger partial charge in [0.15, 0.2) is 11.6 Å². The molecule has 0 spiro atoms. The summed E-state index contributed by atoms with van der Waals surface area (Å²) < 4.78 is 85.9. The number of nitrogens with one attached hydrogen (secondary N) is 1. The predicted octanol–water partition coefficient (Wildman–Crippen LogP) is 4.59. The van der Waals surface area contributed by atoms with E-state index >= 15 is 0 Å². The maximum Gasteiger partial charge on any atom is 0.423 e. The molecule has 0 aliphatic rings. The SMILES string of the molecule is C[C@@H](CCCn1ccc2cc(-c3ncc(OC(F)F)cn3)c(F)cc2c1=O)Nc1cnn(C)c(=O)c1C(F)(F)F. The molecule has 1 aromatic carbocycles. The van der Waals surface area contributed by atoms with Crippen molar-refractivity contribution in [2.75, 3.05) is 5.32 Å². The van der Waals surface area contributed by atoms with Gasteiger partial charge in [-0.15, -0.1) is 0 Å². The van der Waals surface area contributed by atoms with Crippen molar-refractivity contribution in [3.63, 3.8) is 0 Å². The highest BCUT2D eigenvalue weighted by Crippen LogP contribution is 2.32. The summed E-state index contributed by atoms with van der Waals surface area (Å²) in [6.45, 7) is -1.24. The molecule has 15 heteroatoms. The van der Waals surface area contributed by atoms with Gasteiger partial charge in [-0.3, -0.25) is 9.59 Å². The van der Waals surface area contributed by atoms with Crippen LogP contribution in [0.15, 0.2) is 52.6 Å². The van der Waals surface area contributed by atoms with E-state index in [9.17, 15) is 35.9 Å². The molecule has 0 aliphatic carbocycles. The van der Waals surface area contributed by atoms with E-state index in [1.807, 2.05) is 0 Å². The molecule has 0 unspecified atom stereocenters. The third-order valence-corrected chi connectivity index (χ3v) is 6.02. The molecule has 3 aromatic heterocycles. The lowest BCUT2D eigenvalue weighted by atomic mass is 10.1. The van der Waals surface area contributed by atoms with Crippen LogP contribution in [-0.4, -0.2) is 37.0 Å². The zero-order valence-electron chi connectivity index (χ0n) is 21.0. The molecule has 0 fully saturated rings. The second kappa shape index (κ2) is 11.4. The van der Waals surface area contributed by atoms with Gasteiger partial charge in [-0.2, -0.15) is 27.1 Å². The summed E-state index contributed by atoms with van der Waals surface area (Å²) in [5.74, 6) is -1.18. The second-order valence-corrected chi connectivity index (χ2v) is 8.90. The maximum absolute atomic E-state index is 14.9. The van der Waals surface area contributed by atoms with Crippen molar-refractivity contribution in [3.8, 4) is 17.1 Å². The Morgan fingerprint density at radius 1 is 1.07 bits per heavy atom. The first-order valence-electron chi connectivity index (χ1n) is 11.8. The van der Waals surface area contributed by atoms with Gasteiger partial charge in [0.25, 0.3) is 11.1 Å². The van der Waals surface area contributed by atoms with Crippen LogP contribution in [-0.2, 0) is 19.8 Å². The molecule has 1 atom stereocenters. The zero-order valence-corrected chi connectivity index (χ0v) is 21.0. The summed E-state index contributed by atoms with van der Waals surface area (Å²) in [7, 11) is 1.12. The van der Waals surface area contributed by atoms with E-state index in [1.54, 1.807) is 13.0 Å². The molecule has 0 saturated carbocycles. The lowest BCUT2D eigenvalue weighted by Crippen LogP contribution is -2.31. The molecule has 212 valence electrons. The molecule has 4 rings (SSSR count). The molecule has 3 heterocycles. The number of aryl methyl sites for hydroxylation is 2. The molecular weight excluding hydrogens is 546 g/mol. The third-order valence-electron chi connectivity index (χ3n) is 6.02. The fourth-order valence-corrected chi connectivity index (χ4v) is 4.10. The summed E-state index contributed by atoms with van der Waals surface area (Å²) >= 11 is 0. The van der Waals surface area contributed by atoms with Crippen LogP contribution in [0, 0.1) is 5.82 Å². The average Bonchev–Trinajstić information content (AvgIpc) is 2.87. The molecule has 0 amide bonds. The average molecular weight is 568 g/mol. The summed E-state index contributed by atoms with van der Waals surface area (Å²) in [5.41, 5.74) is -3.58. The first-order valence-corrected chi connectivity index (χ1v) is 11.8. The van der Waals surface area contributed by atoms with E-state index in [4.69, 9.17) is 0 Å². The predicted molar refractivity (Wildman–Crippen MR) is 133 cm³/mol. The normalized spacial score (nSPS) is 12.6. The van der Waals surface area contributed by atoms with Crippen molar-refractivity contribution in [2.45, 2.75) is 45.1 Å². The molecule has 0 saturated heterocycles. The van der Waals surface area contributed by atoms with Crippen LogP contribution in [0.4, 0.5) is 32.0 Å². The van der Waals surface area contributed by atoms with Crippen LogP contribution in [0.25, 0.3) is 22.2 Å². The van der Waals surface area contributed by atoms with Gasteiger partial charge in [0, 0.05) is 25.8 Å². The number of halogens is 6. The summed E-state index contributed by atoms with van der Waals surface area (Å²) in [5, 5.41) is 6.78. The topological polar surface area (TPSA) is 104 Å². The molecule has 4 aromatic rings. The number of hydrogen-bond donors (Lipinski definition) is 1. The van der Waals surface area contributed by atoms with E-state index < -0.39 is 47.0 Å². The van der Waals surface area contributed by atoms with Crippen LogP contribution in [0.2, 0.25) is 0 Å². The van der Waals surface area contributed by atoms with Crippen LogP contribution in [0.3, 0.4) is 0 Å². The van der Waals surface area contributed by atoms with E-state index in [0.717, 1.165) is 31.7 Å². The number of pyridine rings is 1. The Morgan fingerprint density at radius 2 is 1.77 bits per heavy atom. The minimum Gasteiger partial charge on any atom is -0.432 e. The van der Waals surface area contributed by atoms with Crippen molar-refractivity contribution < 1.29 is 31.1 Å². The van der Waals surface area contributed by atoms with Gasteiger partial charge in [-0.25, -0.2) is 19.0 Å². The maximum atomic E-state index is 14.9. The van der Waals surface area contributed by atoms with E-state index in [1.165, 1.54) is 16.8 Å². The van der Waals surface area contributed by atoms with Crippen molar-refractivity contribution in [1.29, 1.82) is 0 Å². The van der Waals surface area contributed by atoms with Crippen molar-refractivity contribution in [2.24, 2.45) is 7.05 Å². The second-order valence-electron chi connectivity index (χ2n) is 8.90. The number of benzene rings is 1. The monoisotopic (exact) mass is 568 g/mol. The Kier molecular flexibility index (Phi) is 8.11. The number of aromatic nitrogens is 5. The summed E-state index contributed by atoms with van der Waals surface area (Å²) in [6.07, 6.45) is 0.234. The van der Waals surface area contributed by atoms with Gasteiger partial charge in [0.2, 0.25) is 0 Å². The van der Waals surface area contributed by atoms with Gasteiger partial charge in [0.1, 0.15) is 11.4 Å². The Hall–Kier alpha value is -4.43. The summed E-state index contributed by atoms with van der Waals surface area (Å²) in [6, 6.07) is 3.48. The molecule has 1 N–H and O–H groups in total. The Morgan fingerprint density at radius 3 is 2.42 bits per heavy atom. The van der Waals surface area contributed by atoms with E-state index in [-0.39, 0.29) is 29.1 Å². The van der Waals surface area contributed by atoms with E-state index in [2.05, 4.69) is 25.1 Å². The first-order chi connectivity index (χ1) is 18.8. The number of alkyl halides is 5. The molecule has 0 radical (unpaired) electrons. The lowest BCUT2D eigenvalue weighted by Gasteiger charge is -2.19. The van der Waals surface area contributed by atoms with Gasteiger partial charge < -0.3 is 14.6 Å². The minimum atomic E-state index is -4.87. The molecule has 40 heavy (non-hydrogen) atoms. The molecule has 9 nitrogen and oxygen atoms in total. The van der Waals surface area contributed by atoms with Crippen LogP contribution in [0.5, 0.6) is 5.75 Å².